The summed E-state index contributed by atoms with van der Waals surface area (Å²) in [5.74, 6) is -1.74. The van der Waals surface area contributed by atoms with Crippen LogP contribution in [-0.4, -0.2) is 28.8 Å². The molecule has 204 valence electrons. The number of aromatic nitrogens is 2. The minimum atomic E-state index is -4.09. The predicted molar refractivity (Wildman–Crippen MR) is 144 cm³/mol. The third-order valence-electron chi connectivity index (χ3n) is 6.31. The molecule has 5 aromatic rings. The number of carbonyl (C=O) groups is 1. The number of halogens is 2. The molecule has 0 saturated heterocycles. The summed E-state index contributed by atoms with van der Waals surface area (Å²) >= 11 is 0. The fourth-order valence-electron chi connectivity index (χ4n) is 4.38. The first-order valence-corrected chi connectivity index (χ1v) is 14.1. The van der Waals surface area contributed by atoms with Gasteiger partial charge in [-0.05, 0) is 42.0 Å². The van der Waals surface area contributed by atoms with Crippen LogP contribution in [-0.2, 0) is 35.2 Å². The average Bonchev–Trinajstić information content (AvgIpc) is 3.60. The quantitative estimate of drug-likeness (QED) is 0.221. The number of sulfone groups is 1. The highest BCUT2D eigenvalue weighted by Crippen LogP contribution is 2.23. The Kier molecular flexibility index (Phi) is 7.88. The molecule has 2 aromatic heterocycles. The van der Waals surface area contributed by atoms with E-state index in [4.69, 9.17) is 4.42 Å². The van der Waals surface area contributed by atoms with Crippen molar-refractivity contribution in [3.05, 3.63) is 143 Å². The summed E-state index contributed by atoms with van der Waals surface area (Å²) < 4.78 is 62.3. The molecule has 0 saturated carbocycles. The zero-order valence-electron chi connectivity index (χ0n) is 21.3. The first kappa shape index (κ1) is 27.0. The van der Waals surface area contributed by atoms with E-state index in [-0.39, 0.29) is 35.9 Å². The van der Waals surface area contributed by atoms with Gasteiger partial charge in [0, 0.05) is 11.1 Å². The molecule has 0 atom stereocenters. The van der Waals surface area contributed by atoms with E-state index >= 15 is 0 Å². The van der Waals surface area contributed by atoms with Gasteiger partial charge < -0.3 is 13.9 Å². The van der Waals surface area contributed by atoms with Crippen LogP contribution in [0.5, 0.6) is 0 Å². The smallest absolute Gasteiger partial charge is 0.254 e. The van der Waals surface area contributed by atoms with E-state index in [0.717, 1.165) is 11.6 Å². The van der Waals surface area contributed by atoms with Crippen molar-refractivity contribution in [2.45, 2.75) is 30.5 Å². The second kappa shape index (κ2) is 11.7. The highest BCUT2D eigenvalue weighted by molar-refractivity contribution is 7.90. The van der Waals surface area contributed by atoms with Crippen molar-refractivity contribution >= 4 is 15.7 Å². The zero-order chi connectivity index (χ0) is 28.1. The summed E-state index contributed by atoms with van der Waals surface area (Å²) in [5.41, 5.74) is 1.39. The van der Waals surface area contributed by atoms with Crippen LogP contribution >= 0.6 is 0 Å². The second-order valence-electron chi connectivity index (χ2n) is 9.21. The molecule has 0 aliphatic heterocycles. The van der Waals surface area contributed by atoms with E-state index in [9.17, 15) is 22.0 Å². The average molecular weight is 562 g/mol. The van der Waals surface area contributed by atoms with Crippen molar-refractivity contribution in [3.63, 3.8) is 0 Å². The van der Waals surface area contributed by atoms with E-state index in [0.29, 0.717) is 11.5 Å². The Morgan fingerprint density at radius 1 is 0.900 bits per heavy atom. The number of carbonyl (C=O) groups excluding carboxylic acids is 1. The molecule has 0 radical (unpaired) electrons. The second-order valence-corrected chi connectivity index (χ2v) is 11.1. The molecule has 0 N–H and O–H groups in total. The Hall–Kier alpha value is -4.57. The Morgan fingerprint density at radius 2 is 1.68 bits per heavy atom. The van der Waals surface area contributed by atoms with Gasteiger partial charge in [0.2, 0.25) is 15.0 Å². The number of rotatable bonds is 10. The minimum absolute atomic E-state index is 0.0269. The maximum Gasteiger partial charge on any atom is 0.254 e. The van der Waals surface area contributed by atoms with Gasteiger partial charge in [0.15, 0.2) is 0 Å². The number of hydrogen-bond donors (Lipinski definition) is 0. The Morgan fingerprint density at radius 3 is 2.40 bits per heavy atom. The van der Waals surface area contributed by atoms with Crippen LogP contribution in [0, 0.1) is 11.6 Å². The fourth-order valence-corrected chi connectivity index (χ4v) is 5.88. The lowest BCUT2D eigenvalue weighted by Gasteiger charge is -2.23. The number of hydrogen-bond acceptors (Lipinski definition) is 5. The zero-order valence-corrected chi connectivity index (χ0v) is 22.1. The number of nitrogens with zero attached hydrogens (tertiary/aromatic N) is 3. The molecule has 40 heavy (non-hydrogen) atoms. The van der Waals surface area contributed by atoms with E-state index in [1.54, 1.807) is 18.2 Å². The lowest BCUT2D eigenvalue weighted by Crippen LogP contribution is -2.31. The Labute approximate surface area is 230 Å². The standard InChI is InChI=1S/C30H25F2N3O4S/c31-25-12-6-11-23(16-25)29(36)34(20-27-13-7-15-39-27)19-26-17-33-30(35(26)18-22-8-2-1-3-9-22)40(37,38)21-24-10-4-5-14-28(24)32/h1-17H,18-21H2. The summed E-state index contributed by atoms with van der Waals surface area (Å²) in [6.45, 7) is 0.145. The van der Waals surface area contributed by atoms with Crippen LogP contribution in [0.15, 0.2) is 113 Å². The van der Waals surface area contributed by atoms with Gasteiger partial charge in [0.05, 0.1) is 43.5 Å². The summed E-state index contributed by atoms with van der Waals surface area (Å²) in [6.07, 6.45) is 2.87. The summed E-state index contributed by atoms with van der Waals surface area (Å²) in [4.78, 5) is 19.2. The van der Waals surface area contributed by atoms with Crippen molar-refractivity contribution in [1.29, 1.82) is 0 Å². The van der Waals surface area contributed by atoms with Crippen LogP contribution in [0.25, 0.3) is 0 Å². The van der Waals surface area contributed by atoms with Gasteiger partial charge in [-0.1, -0.05) is 54.6 Å². The lowest BCUT2D eigenvalue weighted by atomic mass is 10.2. The maximum absolute atomic E-state index is 14.3. The molecule has 3 aromatic carbocycles. The van der Waals surface area contributed by atoms with E-state index in [1.807, 2.05) is 30.3 Å². The van der Waals surface area contributed by atoms with Gasteiger partial charge in [-0.2, -0.15) is 0 Å². The molecule has 5 rings (SSSR count). The van der Waals surface area contributed by atoms with Crippen molar-refractivity contribution in [2.24, 2.45) is 0 Å². The molecule has 0 aliphatic rings. The highest BCUT2D eigenvalue weighted by atomic mass is 32.2. The first-order chi connectivity index (χ1) is 19.3. The molecule has 0 aliphatic carbocycles. The molecule has 0 unspecified atom stereocenters. The Balaban J connectivity index is 1.54. The van der Waals surface area contributed by atoms with Crippen LogP contribution in [0.4, 0.5) is 8.78 Å². The Bertz CT molecular complexity index is 1720. The molecule has 7 nitrogen and oxygen atoms in total. The molecule has 1 amide bonds. The molecule has 0 bridgehead atoms. The molecule has 10 heteroatoms. The lowest BCUT2D eigenvalue weighted by molar-refractivity contribution is 0.0713. The van der Waals surface area contributed by atoms with Crippen LogP contribution in [0.1, 0.15) is 32.9 Å². The van der Waals surface area contributed by atoms with E-state index < -0.39 is 33.1 Å². The largest absolute Gasteiger partial charge is 0.467 e. The molecule has 2 heterocycles. The van der Waals surface area contributed by atoms with Gasteiger partial charge in [0.25, 0.3) is 5.91 Å². The number of furan rings is 1. The maximum atomic E-state index is 14.3. The number of imidazole rings is 1. The molecular weight excluding hydrogens is 536 g/mol. The molecular formula is C30H25F2N3O4S. The SMILES string of the molecule is O=C(c1cccc(F)c1)N(Cc1ccco1)Cc1cnc(S(=O)(=O)Cc2ccccc2F)n1Cc1ccccc1. The third kappa shape index (κ3) is 6.18. The topological polar surface area (TPSA) is 85.4 Å². The van der Waals surface area contributed by atoms with Gasteiger partial charge in [-0.15, -0.1) is 0 Å². The van der Waals surface area contributed by atoms with Gasteiger partial charge in [-0.25, -0.2) is 22.2 Å². The van der Waals surface area contributed by atoms with Crippen molar-refractivity contribution < 1.29 is 26.4 Å². The first-order valence-electron chi connectivity index (χ1n) is 12.4. The normalized spacial score (nSPS) is 11.4. The van der Waals surface area contributed by atoms with E-state index in [1.165, 1.54) is 58.3 Å². The van der Waals surface area contributed by atoms with Crippen LogP contribution in [0.3, 0.4) is 0 Å². The van der Waals surface area contributed by atoms with Crippen LogP contribution < -0.4 is 0 Å². The highest BCUT2D eigenvalue weighted by Gasteiger charge is 2.27. The molecule has 0 fully saturated rings. The van der Waals surface area contributed by atoms with Crippen molar-refractivity contribution in [2.75, 3.05) is 0 Å². The summed E-state index contributed by atoms with van der Waals surface area (Å²) in [5, 5.41) is -0.245. The van der Waals surface area contributed by atoms with Crippen molar-refractivity contribution in [1.82, 2.24) is 14.5 Å². The predicted octanol–water partition coefficient (Wildman–Crippen LogP) is 5.62. The van der Waals surface area contributed by atoms with E-state index in [2.05, 4.69) is 4.98 Å². The summed E-state index contributed by atoms with van der Waals surface area (Å²) in [6, 6.07) is 23.6. The van der Waals surface area contributed by atoms with Crippen molar-refractivity contribution in [3.8, 4) is 0 Å². The molecule has 0 spiro atoms. The minimum Gasteiger partial charge on any atom is -0.467 e. The third-order valence-corrected chi connectivity index (χ3v) is 7.88. The van der Waals surface area contributed by atoms with Gasteiger partial charge in [0.1, 0.15) is 17.4 Å². The van der Waals surface area contributed by atoms with Crippen LogP contribution in [0.2, 0.25) is 0 Å². The van der Waals surface area contributed by atoms with Gasteiger partial charge >= 0.3 is 0 Å². The monoisotopic (exact) mass is 561 g/mol. The summed E-state index contributed by atoms with van der Waals surface area (Å²) in [7, 11) is -4.09. The number of benzene rings is 3. The number of amides is 1. The van der Waals surface area contributed by atoms with Gasteiger partial charge in [-0.3, -0.25) is 4.79 Å². The fraction of sp³-hybridized carbons (Fsp3) is 0.133.